The molecular weight excluding hydrogens is 248 g/mol. The Kier molecular flexibility index (Phi) is 6.50. The van der Waals surface area contributed by atoms with Crippen molar-refractivity contribution in [3.63, 3.8) is 0 Å². The van der Waals surface area contributed by atoms with Crippen LogP contribution in [-0.2, 0) is 4.79 Å². The molecule has 0 saturated carbocycles. The van der Waals surface area contributed by atoms with E-state index in [4.69, 9.17) is 0 Å². The van der Waals surface area contributed by atoms with Gasteiger partial charge in [-0.2, -0.15) is 0 Å². The Balaban J connectivity index is 2.70. The summed E-state index contributed by atoms with van der Waals surface area (Å²) < 4.78 is 0. The second-order valence-corrected chi connectivity index (χ2v) is 7.50. The lowest BCUT2D eigenvalue weighted by Crippen LogP contribution is -2.46. The van der Waals surface area contributed by atoms with Gasteiger partial charge in [0, 0.05) is 6.04 Å². The van der Waals surface area contributed by atoms with Gasteiger partial charge in [0.2, 0.25) is 5.91 Å². The van der Waals surface area contributed by atoms with Crippen molar-refractivity contribution in [2.75, 3.05) is 0 Å². The Morgan fingerprint density at radius 2 is 1.60 bits per heavy atom. The maximum atomic E-state index is 12.7. The molecule has 0 aromatic rings. The third-order valence-corrected chi connectivity index (χ3v) is 4.35. The molecule has 1 heterocycles. The van der Waals surface area contributed by atoms with E-state index in [0.29, 0.717) is 23.8 Å². The molecule has 0 bridgehead atoms. The molecule has 0 radical (unpaired) electrons. The lowest BCUT2D eigenvalue weighted by molar-refractivity contribution is -0.133. The molecule has 3 nitrogen and oxygen atoms in total. The predicted octanol–water partition coefficient (Wildman–Crippen LogP) is 3.64. The zero-order valence-corrected chi connectivity index (χ0v) is 14.4. The van der Waals surface area contributed by atoms with Crippen LogP contribution in [0.5, 0.6) is 0 Å². The highest BCUT2D eigenvalue weighted by Crippen LogP contribution is 2.26. The van der Waals surface area contributed by atoms with Crippen molar-refractivity contribution in [3.05, 3.63) is 0 Å². The van der Waals surface area contributed by atoms with Gasteiger partial charge in [-0.3, -0.25) is 10.1 Å². The van der Waals surface area contributed by atoms with Crippen molar-refractivity contribution < 1.29 is 4.79 Å². The third kappa shape index (κ3) is 4.21. The molecule has 0 aliphatic carbocycles. The molecule has 118 valence electrons. The second kappa shape index (κ2) is 7.44. The number of carbonyl (C=O) groups is 1. The summed E-state index contributed by atoms with van der Waals surface area (Å²) in [6, 6.07) is 0.333. The molecule has 1 rings (SSSR count). The van der Waals surface area contributed by atoms with Gasteiger partial charge < -0.3 is 4.90 Å². The Morgan fingerprint density at radius 1 is 1.00 bits per heavy atom. The van der Waals surface area contributed by atoms with Crippen molar-refractivity contribution in [1.29, 1.82) is 0 Å². The minimum absolute atomic E-state index is 0.00468. The molecule has 1 fully saturated rings. The quantitative estimate of drug-likeness (QED) is 0.773. The molecule has 0 aromatic heterocycles. The van der Waals surface area contributed by atoms with Crippen molar-refractivity contribution in [2.24, 2.45) is 17.8 Å². The maximum absolute atomic E-state index is 12.7. The molecule has 3 unspecified atom stereocenters. The van der Waals surface area contributed by atoms with Gasteiger partial charge in [-0.1, -0.05) is 54.4 Å². The van der Waals surface area contributed by atoms with Crippen LogP contribution in [0.25, 0.3) is 0 Å². The summed E-state index contributed by atoms with van der Waals surface area (Å²) >= 11 is 0. The number of amides is 1. The van der Waals surface area contributed by atoms with Gasteiger partial charge in [0.1, 0.15) is 0 Å². The molecule has 0 spiro atoms. The van der Waals surface area contributed by atoms with Crippen LogP contribution in [0.2, 0.25) is 0 Å². The van der Waals surface area contributed by atoms with Crippen molar-refractivity contribution in [3.8, 4) is 0 Å². The molecule has 1 amide bonds. The van der Waals surface area contributed by atoms with Crippen LogP contribution < -0.4 is 5.32 Å². The minimum Gasteiger partial charge on any atom is -0.323 e. The van der Waals surface area contributed by atoms with E-state index in [1.807, 2.05) is 0 Å². The highest BCUT2D eigenvalue weighted by molar-refractivity contribution is 5.85. The first-order valence-electron chi connectivity index (χ1n) is 8.33. The Bertz CT molecular complexity index is 312. The summed E-state index contributed by atoms with van der Waals surface area (Å²) in [5, 5.41) is 3.55. The Morgan fingerprint density at radius 3 is 2.05 bits per heavy atom. The van der Waals surface area contributed by atoms with E-state index in [-0.39, 0.29) is 12.2 Å². The lowest BCUT2D eigenvalue weighted by atomic mass is 10.0. The molecule has 1 N–H and O–H groups in total. The Labute approximate surface area is 125 Å². The first-order valence-corrected chi connectivity index (χ1v) is 8.33. The highest BCUT2D eigenvalue weighted by Gasteiger charge is 2.43. The van der Waals surface area contributed by atoms with Gasteiger partial charge in [-0.15, -0.1) is 0 Å². The molecule has 1 saturated heterocycles. The summed E-state index contributed by atoms with van der Waals surface area (Å²) in [5.74, 6) is 1.86. The standard InChI is InChI=1S/C17H34N2O/c1-11(2)9-8-10-14(7)19-16(13(5)6)18-15(12(3)4)17(19)20/h11-16,18H,8-10H2,1-7H3. The summed E-state index contributed by atoms with van der Waals surface area (Å²) in [4.78, 5) is 14.8. The fraction of sp³-hybridized carbons (Fsp3) is 0.941. The number of nitrogens with one attached hydrogen (secondary N) is 1. The van der Waals surface area contributed by atoms with Gasteiger partial charge in [0.25, 0.3) is 0 Å². The average Bonchev–Trinajstić information content (AvgIpc) is 2.66. The van der Waals surface area contributed by atoms with Gasteiger partial charge in [0.05, 0.1) is 12.2 Å². The van der Waals surface area contributed by atoms with Crippen LogP contribution in [-0.4, -0.2) is 29.1 Å². The van der Waals surface area contributed by atoms with E-state index >= 15 is 0 Å². The number of hydrogen-bond donors (Lipinski definition) is 1. The fourth-order valence-electron chi connectivity index (χ4n) is 3.08. The predicted molar refractivity (Wildman–Crippen MR) is 85.4 cm³/mol. The van der Waals surface area contributed by atoms with Gasteiger partial charge in [-0.05, 0) is 31.1 Å². The van der Waals surface area contributed by atoms with E-state index in [1.54, 1.807) is 0 Å². The van der Waals surface area contributed by atoms with E-state index in [0.717, 1.165) is 12.3 Å². The van der Waals surface area contributed by atoms with Gasteiger partial charge in [0.15, 0.2) is 0 Å². The van der Waals surface area contributed by atoms with Crippen molar-refractivity contribution in [2.45, 2.75) is 86.0 Å². The normalized spacial score (nSPS) is 25.3. The molecule has 0 aromatic carbocycles. The average molecular weight is 282 g/mol. The molecular formula is C17H34N2O. The summed E-state index contributed by atoms with van der Waals surface area (Å²) in [5.41, 5.74) is 0. The monoisotopic (exact) mass is 282 g/mol. The summed E-state index contributed by atoms with van der Waals surface area (Å²) in [6.45, 7) is 15.4. The Hall–Kier alpha value is -0.570. The van der Waals surface area contributed by atoms with E-state index in [1.165, 1.54) is 12.8 Å². The highest BCUT2D eigenvalue weighted by atomic mass is 16.2. The van der Waals surface area contributed by atoms with Crippen molar-refractivity contribution >= 4 is 5.91 Å². The maximum Gasteiger partial charge on any atom is 0.241 e. The van der Waals surface area contributed by atoms with Gasteiger partial charge in [-0.25, -0.2) is 0 Å². The zero-order valence-electron chi connectivity index (χ0n) is 14.4. The smallest absolute Gasteiger partial charge is 0.241 e. The third-order valence-electron chi connectivity index (χ3n) is 4.35. The first kappa shape index (κ1) is 17.5. The first-order chi connectivity index (χ1) is 9.25. The molecule has 1 aliphatic rings. The number of carbonyl (C=O) groups excluding carboxylic acids is 1. The van der Waals surface area contributed by atoms with Crippen LogP contribution in [0.3, 0.4) is 0 Å². The van der Waals surface area contributed by atoms with E-state index in [9.17, 15) is 4.79 Å². The minimum atomic E-state index is -0.00468. The fourth-order valence-corrected chi connectivity index (χ4v) is 3.08. The van der Waals surface area contributed by atoms with Gasteiger partial charge >= 0.3 is 0 Å². The molecule has 3 heteroatoms. The molecule has 20 heavy (non-hydrogen) atoms. The number of hydrogen-bond acceptors (Lipinski definition) is 2. The van der Waals surface area contributed by atoms with Crippen LogP contribution in [0.4, 0.5) is 0 Å². The largest absolute Gasteiger partial charge is 0.323 e. The van der Waals surface area contributed by atoms with Crippen LogP contribution in [0, 0.1) is 17.8 Å². The van der Waals surface area contributed by atoms with Crippen LogP contribution in [0.15, 0.2) is 0 Å². The SMILES string of the molecule is CC(C)CCCC(C)N1C(=O)C(C(C)C)NC1C(C)C. The number of rotatable bonds is 7. The molecule has 1 aliphatic heterocycles. The summed E-state index contributed by atoms with van der Waals surface area (Å²) in [6.07, 6.45) is 3.77. The van der Waals surface area contributed by atoms with E-state index < -0.39 is 0 Å². The van der Waals surface area contributed by atoms with Crippen LogP contribution in [0.1, 0.15) is 67.7 Å². The van der Waals surface area contributed by atoms with Crippen LogP contribution >= 0.6 is 0 Å². The molecule has 3 atom stereocenters. The van der Waals surface area contributed by atoms with E-state index in [2.05, 4.69) is 58.7 Å². The van der Waals surface area contributed by atoms with Crippen molar-refractivity contribution in [1.82, 2.24) is 10.2 Å². The summed E-state index contributed by atoms with van der Waals surface area (Å²) in [7, 11) is 0. The topological polar surface area (TPSA) is 32.3 Å². The number of nitrogens with zero attached hydrogens (tertiary/aromatic N) is 1. The zero-order chi connectivity index (χ0) is 15.4. The lowest BCUT2D eigenvalue weighted by Gasteiger charge is -2.33. The second-order valence-electron chi connectivity index (χ2n) is 7.50.